The van der Waals surface area contributed by atoms with Crippen LogP contribution in [0.3, 0.4) is 0 Å². The molecule has 1 spiro atoms. The summed E-state index contributed by atoms with van der Waals surface area (Å²) in [5.41, 5.74) is 0.152. The van der Waals surface area contributed by atoms with Gasteiger partial charge in [-0.15, -0.1) is 0 Å². The second kappa shape index (κ2) is 4.17. The van der Waals surface area contributed by atoms with E-state index in [9.17, 15) is 0 Å². The topological polar surface area (TPSA) is 24.5 Å². The lowest BCUT2D eigenvalue weighted by molar-refractivity contribution is -0.126. The van der Waals surface area contributed by atoms with E-state index in [4.69, 9.17) is 4.74 Å². The molecule has 2 fully saturated rings. The Morgan fingerprint density at radius 1 is 1.43 bits per heavy atom. The average molecular weight is 198 g/mol. The molecule has 0 radical (unpaired) electrons. The van der Waals surface area contributed by atoms with Gasteiger partial charge in [-0.1, -0.05) is 6.92 Å². The van der Waals surface area contributed by atoms with Crippen LogP contribution in [0.2, 0.25) is 0 Å². The lowest BCUT2D eigenvalue weighted by atomic mass is 9.82. The third kappa shape index (κ3) is 1.81. The number of morpholine rings is 1. The predicted octanol–water partition coefficient (Wildman–Crippen LogP) is 0.849. The summed E-state index contributed by atoms with van der Waals surface area (Å²) in [6.45, 7) is 6.53. The molecule has 0 aliphatic carbocycles. The van der Waals surface area contributed by atoms with E-state index in [0.29, 0.717) is 6.04 Å². The van der Waals surface area contributed by atoms with E-state index >= 15 is 0 Å². The standard InChI is InChI=1S/C11H22N2O/c1-3-10-11(14-9-6-12-10)4-7-13(2)8-5-11/h10,12H,3-9H2,1-2H3. The number of nitrogens with zero attached hydrogens (tertiary/aromatic N) is 1. The Kier molecular flexibility index (Phi) is 3.10. The summed E-state index contributed by atoms with van der Waals surface area (Å²) >= 11 is 0. The van der Waals surface area contributed by atoms with E-state index in [-0.39, 0.29) is 5.60 Å². The Morgan fingerprint density at radius 3 is 2.79 bits per heavy atom. The van der Waals surface area contributed by atoms with Gasteiger partial charge in [-0.25, -0.2) is 0 Å². The smallest absolute Gasteiger partial charge is 0.0859 e. The summed E-state index contributed by atoms with van der Waals surface area (Å²) in [6.07, 6.45) is 3.56. The molecular weight excluding hydrogens is 176 g/mol. The molecule has 82 valence electrons. The molecule has 0 saturated carbocycles. The fourth-order valence-corrected chi connectivity index (χ4v) is 2.78. The summed E-state index contributed by atoms with van der Waals surface area (Å²) < 4.78 is 6.07. The zero-order chi connectivity index (χ0) is 10.0. The molecule has 2 aliphatic rings. The average Bonchev–Trinajstić information content (AvgIpc) is 2.23. The van der Waals surface area contributed by atoms with Crippen LogP contribution in [0.25, 0.3) is 0 Å². The first-order chi connectivity index (χ1) is 6.77. The van der Waals surface area contributed by atoms with Crippen molar-refractivity contribution >= 4 is 0 Å². The SMILES string of the molecule is CCC1NCCOC12CCN(C)CC2. The molecular formula is C11H22N2O. The molecule has 0 aromatic rings. The van der Waals surface area contributed by atoms with Gasteiger partial charge in [-0.05, 0) is 26.3 Å². The first kappa shape index (κ1) is 10.4. The third-order valence-corrected chi connectivity index (χ3v) is 3.76. The monoisotopic (exact) mass is 198 g/mol. The lowest BCUT2D eigenvalue weighted by Gasteiger charge is -2.48. The number of likely N-dealkylation sites (tertiary alicyclic amines) is 1. The minimum absolute atomic E-state index is 0.152. The number of rotatable bonds is 1. The molecule has 14 heavy (non-hydrogen) atoms. The number of ether oxygens (including phenoxy) is 1. The van der Waals surface area contributed by atoms with Gasteiger partial charge in [0.1, 0.15) is 0 Å². The normalized spacial score (nSPS) is 33.4. The fourth-order valence-electron chi connectivity index (χ4n) is 2.78. The van der Waals surface area contributed by atoms with Crippen LogP contribution in [0.4, 0.5) is 0 Å². The fraction of sp³-hybridized carbons (Fsp3) is 1.00. The van der Waals surface area contributed by atoms with Gasteiger partial charge in [-0.2, -0.15) is 0 Å². The molecule has 3 heteroatoms. The predicted molar refractivity (Wildman–Crippen MR) is 57.5 cm³/mol. The van der Waals surface area contributed by atoms with Gasteiger partial charge in [0.25, 0.3) is 0 Å². The largest absolute Gasteiger partial charge is 0.372 e. The van der Waals surface area contributed by atoms with Crippen molar-refractivity contribution in [3.8, 4) is 0 Å². The van der Waals surface area contributed by atoms with E-state index in [0.717, 1.165) is 13.2 Å². The van der Waals surface area contributed by atoms with Crippen molar-refractivity contribution in [3.63, 3.8) is 0 Å². The molecule has 0 aromatic carbocycles. The highest BCUT2D eigenvalue weighted by Crippen LogP contribution is 2.32. The van der Waals surface area contributed by atoms with Crippen LogP contribution in [0.1, 0.15) is 26.2 Å². The first-order valence-electron chi connectivity index (χ1n) is 5.83. The maximum Gasteiger partial charge on any atom is 0.0859 e. The third-order valence-electron chi connectivity index (χ3n) is 3.76. The van der Waals surface area contributed by atoms with Crippen LogP contribution in [0.15, 0.2) is 0 Å². The number of hydrogen-bond acceptors (Lipinski definition) is 3. The van der Waals surface area contributed by atoms with Crippen molar-refractivity contribution in [3.05, 3.63) is 0 Å². The van der Waals surface area contributed by atoms with Crippen LogP contribution in [-0.4, -0.2) is 49.8 Å². The van der Waals surface area contributed by atoms with Gasteiger partial charge >= 0.3 is 0 Å². The summed E-state index contributed by atoms with van der Waals surface area (Å²) in [4.78, 5) is 2.40. The molecule has 2 saturated heterocycles. The maximum absolute atomic E-state index is 6.07. The molecule has 0 bridgehead atoms. The van der Waals surface area contributed by atoms with Crippen molar-refractivity contribution in [2.24, 2.45) is 0 Å². The Bertz CT molecular complexity index is 188. The highest BCUT2D eigenvalue weighted by atomic mass is 16.5. The first-order valence-corrected chi connectivity index (χ1v) is 5.83. The zero-order valence-electron chi connectivity index (χ0n) is 9.38. The van der Waals surface area contributed by atoms with Crippen LogP contribution in [0.5, 0.6) is 0 Å². The van der Waals surface area contributed by atoms with E-state index in [1.54, 1.807) is 0 Å². The highest BCUT2D eigenvalue weighted by Gasteiger charge is 2.42. The van der Waals surface area contributed by atoms with Crippen molar-refractivity contribution in [2.75, 3.05) is 33.3 Å². The van der Waals surface area contributed by atoms with Crippen LogP contribution < -0.4 is 5.32 Å². The Balaban J connectivity index is 2.03. The van der Waals surface area contributed by atoms with Crippen molar-refractivity contribution in [2.45, 2.75) is 37.8 Å². The molecule has 2 aliphatic heterocycles. The van der Waals surface area contributed by atoms with Crippen molar-refractivity contribution < 1.29 is 4.74 Å². The van der Waals surface area contributed by atoms with Gasteiger partial charge in [-0.3, -0.25) is 0 Å². The molecule has 3 nitrogen and oxygen atoms in total. The molecule has 1 unspecified atom stereocenters. The van der Waals surface area contributed by atoms with Crippen molar-refractivity contribution in [1.82, 2.24) is 10.2 Å². The second-order valence-corrected chi connectivity index (χ2v) is 4.63. The summed E-state index contributed by atoms with van der Waals surface area (Å²) in [6, 6.07) is 0.574. The molecule has 1 N–H and O–H groups in total. The second-order valence-electron chi connectivity index (χ2n) is 4.63. The van der Waals surface area contributed by atoms with E-state index in [1.807, 2.05) is 0 Å². The number of nitrogens with one attached hydrogen (secondary N) is 1. The maximum atomic E-state index is 6.07. The molecule has 2 rings (SSSR count). The molecule has 1 atom stereocenters. The van der Waals surface area contributed by atoms with Crippen LogP contribution in [0, 0.1) is 0 Å². The van der Waals surface area contributed by atoms with Gasteiger partial charge < -0.3 is 15.0 Å². The summed E-state index contributed by atoms with van der Waals surface area (Å²) in [7, 11) is 2.20. The zero-order valence-corrected chi connectivity index (χ0v) is 9.38. The molecule has 0 aromatic heterocycles. The van der Waals surface area contributed by atoms with E-state index < -0.39 is 0 Å². The minimum Gasteiger partial charge on any atom is -0.372 e. The summed E-state index contributed by atoms with van der Waals surface area (Å²) in [5.74, 6) is 0. The van der Waals surface area contributed by atoms with Gasteiger partial charge in [0.05, 0.1) is 12.2 Å². The van der Waals surface area contributed by atoms with E-state index in [2.05, 4.69) is 24.2 Å². The number of piperidine rings is 1. The Labute approximate surface area is 86.8 Å². The number of hydrogen-bond donors (Lipinski definition) is 1. The van der Waals surface area contributed by atoms with Gasteiger partial charge in [0, 0.05) is 25.7 Å². The Hall–Kier alpha value is -0.120. The Morgan fingerprint density at radius 2 is 2.14 bits per heavy atom. The highest BCUT2D eigenvalue weighted by molar-refractivity contribution is 4.98. The lowest BCUT2D eigenvalue weighted by Crippen LogP contribution is -2.61. The van der Waals surface area contributed by atoms with Gasteiger partial charge in [0.15, 0.2) is 0 Å². The van der Waals surface area contributed by atoms with Crippen LogP contribution in [-0.2, 0) is 4.74 Å². The summed E-state index contributed by atoms with van der Waals surface area (Å²) in [5, 5.41) is 3.60. The van der Waals surface area contributed by atoms with E-state index in [1.165, 1.54) is 32.4 Å². The molecule has 0 amide bonds. The van der Waals surface area contributed by atoms with Gasteiger partial charge in [0.2, 0.25) is 0 Å². The van der Waals surface area contributed by atoms with Crippen LogP contribution >= 0.6 is 0 Å². The minimum atomic E-state index is 0.152. The molecule has 2 heterocycles. The van der Waals surface area contributed by atoms with Crippen molar-refractivity contribution in [1.29, 1.82) is 0 Å². The quantitative estimate of drug-likeness (QED) is 0.676.